The fraction of sp³-hybridized carbons (Fsp3) is 0.250. The van der Waals surface area contributed by atoms with Crippen LogP contribution in [0, 0.1) is 22.4 Å². The van der Waals surface area contributed by atoms with E-state index in [0.717, 1.165) is 11.0 Å². The molecule has 0 spiro atoms. The Morgan fingerprint density at radius 1 is 1.28 bits per heavy atom. The van der Waals surface area contributed by atoms with Crippen LogP contribution in [0.25, 0.3) is 5.69 Å². The molecule has 2 heterocycles. The van der Waals surface area contributed by atoms with E-state index >= 15 is 0 Å². The third-order valence-electron chi connectivity index (χ3n) is 3.65. The van der Waals surface area contributed by atoms with Crippen molar-refractivity contribution in [3.8, 4) is 5.69 Å². The van der Waals surface area contributed by atoms with Gasteiger partial charge in [0.05, 0.1) is 12.2 Å². The van der Waals surface area contributed by atoms with Gasteiger partial charge in [0.1, 0.15) is 18.3 Å². The maximum atomic E-state index is 14.3. The number of hydrogen-bond donors (Lipinski definition) is 3. The number of nitrogens with zero attached hydrogens (tertiary/aromatic N) is 7. The molecule has 1 atom stereocenters. The Bertz CT molecular complexity index is 817. The second-order valence-electron chi connectivity index (χ2n) is 4.98. The van der Waals surface area contributed by atoms with Crippen LogP contribution >= 0.6 is 0 Å². The summed E-state index contributed by atoms with van der Waals surface area (Å²) < 4.78 is 20.5. The lowest BCUT2D eigenvalue weighted by molar-refractivity contribution is 0.0829. The molecule has 1 aromatic carbocycles. The highest BCUT2D eigenvalue weighted by Crippen LogP contribution is 2.32. The van der Waals surface area contributed by atoms with E-state index in [-0.39, 0.29) is 17.9 Å². The van der Waals surface area contributed by atoms with E-state index in [0.29, 0.717) is 0 Å². The van der Waals surface area contributed by atoms with Gasteiger partial charge in [-0.2, -0.15) is 5.10 Å². The summed E-state index contributed by atoms with van der Waals surface area (Å²) in [6.07, 6.45) is 0.492. The van der Waals surface area contributed by atoms with E-state index < -0.39 is 23.8 Å². The number of ether oxygens (including phenoxy) is 1. The monoisotopic (exact) mass is 346 g/mol. The molecule has 3 rings (SSSR count). The summed E-state index contributed by atoms with van der Waals surface area (Å²) >= 11 is 0. The summed E-state index contributed by atoms with van der Waals surface area (Å²) in [5, 5.41) is 12.9. The summed E-state index contributed by atoms with van der Waals surface area (Å²) in [6, 6.07) is 3.99. The Hall–Kier alpha value is -3.64. The Morgan fingerprint density at radius 2 is 2.00 bits per heavy atom. The Morgan fingerprint density at radius 3 is 2.56 bits per heavy atom. The molecule has 1 aliphatic rings. The number of rotatable bonds is 6. The van der Waals surface area contributed by atoms with Gasteiger partial charge < -0.3 is 4.74 Å². The minimum absolute atomic E-state index is 0.142. The molecule has 0 bridgehead atoms. The number of anilines is 1. The number of aromatic nitrogens is 3. The van der Waals surface area contributed by atoms with Gasteiger partial charge in [-0.05, 0) is 18.2 Å². The number of halogens is 1. The van der Waals surface area contributed by atoms with E-state index in [9.17, 15) is 9.18 Å². The smallest absolute Gasteiger partial charge is 0.414 e. The summed E-state index contributed by atoms with van der Waals surface area (Å²) in [6.45, 7) is -0.200. The molecule has 1 aromatic heterocycles. The topological polar surface area (TPSA) is 169 Å². The zero-order valence-electron chi connectivity index (χ0n) is 12.5. The lowest BCUT2D eigenvalue weighted by Crippen LogP contribution is -2.39. The molecule has 1 amide bonds. The van der Waals surface area contributed by atoms with Crippen LogP contribution in [-0.4, -0.2) is 39.3 Å². The highest BCUT2D eigenvalue weighted by atomic mass is 19.1. The van der Waals surface area contributed by atoms with Gasteiger partial charge >= 0.3 is 11.9 Å². The quantitative estimate of drug-likeness (QED) is 0.683. The first-order valence-corrected chi connectivity index (χ1v) is 6.83. The minimum Gasteiger partial charge on any atom is -0.437 e. The molecule has 13 heteroatoms. The van der Waals surface area contributed by atoms with Gasteiger partial charge in [0.15, 0.2) is 11.9 Å². The molecule has 25 heavy (non-hydrogen) atoms. The highest BCUT2D eigenvalue weighted by Gasteiger charge is 2.49. The molecule has 0 aliphatic carbocycles. The Balaban J connectivity index is 1.89. The van der Waals surface area contributed by atoms with Crippen molar-refractivity contribution in [3.63, 3.8) is 0 Å². The molecule has 128 valence electrons. The van der Waals surface area contributed by atoms with Crippen molar-refractivity contribution in [3.05, 3.63) is 36.7 Å². The van der Waals surface area contributed by atoms with Gasteiger partial charge in [-0.25, -0.2) is 35.4 Å². The molecular weight excluding hydrogens is 335 g/mol. The molecule has 1 fully saturated rings. The van der Waals surface area contributed by atoms with Crippen LogP contribution in [0.1, 0.15) is 0 Å². The lowest BCUT2D eigenvalue weighted by atomic mass is 10.2. The summed E-state index contributed by atoms with van der Waals surface area (Å²) in [7, 11) is 0. The van der Waals surface area contributed by atoms with Gasteiger partial charge in [-0.15, -0.1) is 15.3 Å². The predicted molar refractivity (Wildman–Crippen MR) is 77.1 cm³/mol. The third-order valence-corrected chi connectivity index (χ3v) is 3.65. The van der Waals surface area contributed by atoms with Crippen LogP contribution in [0.4, 0.5) is 14.9 Å². The Kier molecular flexibility index (Phi) is 3.96. The standard InChI is InChI=1S/C12H11FN10O2/c13-8-3-7(1-2-9(8)23-6-17-5-18-23)22-4-10(25-11(22)24)12(19-14,20-15)21-16/h1-3,5-6,10,14-16H,4H2. The van der Waals surface area contributed by atoms with Gasteiger partial charge in [0.25, 0.3) is 0 Å². The minimum atomic E-state index is -2.16. The molecule has 1 aliphatic heterocycles. The number of carbonyl (C=O) groups is 1. The summed E-state index contributed by atoms with van der Waals surface area (Å²) in [5.74, 6) is -2.81. The van der Waals surface area contributed by atoms with E-state index in [1.54, 1.807) is 0 Å². The van der Waals surface area contributed by atoms with E-state index in [1.165, 1.54) is 29.5 Å². The Labute approximate surface area is 139 Å². The van der Waals surface area contributed by atoms with E-state index in [4.69, 9.17) is 21.3 Å². The average molecular weight is 346 g/mol. The number of nitrogens with one attached hydrogen (secondary N) is 3. The van der Waals surface area contributed by atoms with Gasteiger partial charge in [-0.1, -0.05) is 0 Å². The number of benzene rings is 1. The first-order chi connectivity index (χ1) is 12.0. The van der Waals surface area contributed by atoms with Crippen molar-refractivity contribution in [2.45, 2.75) is 11.9 Å². The van der Waals surface area contributed by atoms with Crippen LogP contribution in [-0.2, 0) is 4.74 Å². The first kappa shape index (κ1) is 16.2. The summed E-state index contributed by atoms with van der Waals surface area (Å²) in [4.78, 5) is 16.9. The summed E-state index contributed by atoms with van der Waals surface area (Å²) in [5.41, 5.74) is 21.5. The molecule has 1 saturated heterocycles. The van der Waals surface area contributed by atoms with E-state index in [1.807, 2.05) is 0 Å². The van der Waals surface area contributed by atoms with Crippen molar-refractivity contribution in [1.29, 1.82) is 16.6 Å². The zero-order valence-corrected chi connectivity index (χ0v) is 12.5. The van der Waals surface area contributed by atoms with Crippen LogP contribution in [0.3, 0.4) is 0 Å². The molecule has 0 saturated carbocycles. The van der Waals surface area contributed by atoms with Crippen LogP contribution in [0.15, 0.2) is 46.2 Å². The average Bonchev–Trinajstić information content (AvgIpc) is 3.27. The second-order valence-corrected chi connectivity index (χ2v) is 4.98. The molecular formula is C12H11FN10O2. The number of hydrogen-bond acceptors (Lipinski definition) is 10. The maximum Gasteiger partial charge on any atom is 0.414 e. The predicted octanol–water partition coefficient (Wildman–Crippen LogP) is 2.48. The third kappa shape index (κ3) is 2.60. The largest absolute Gasteiger partial charge is 0.437 e. The SMILES string of the molecule is N=NC(N=N)(N=N)C1CN(c2ccc(-n3cncn3)c(F)c2)C(=O)O1. The van der Waals surface area contributed by atoms with Crippen molar-refractivity contribution < 1.29 is 13.9 Å². The molecule has 3 N–H and O–H groups in total. The fourth-order valence-corrected chi connectivity index (χ4v) is 2.35. The van der Waals surface area contributed by atoms with Gasteiger partial charge in [-0.3, -0.25) is 4.90 Å². The molecule has 0 radical (unpaired) electrons. The fourth-order valence-electron chi connectivity index (χ4n) is 2.35. The lowest BCUT2D eigenvalue weighted by Gasteiger charge is -2.20. The normalized spacial score (nSPS) is 19.2. The number of amides is 1. The van der Waals surface area contributed by atoms with Crippen LogP contribution < -0.4 is 4.90 Å². The van der Waals surface area contributed by atoms with Crippen LogP contribution in [0.2, 0.25) is 0 Å². The maximum absolute atomic E-state index is 14.3. The second kappa shape index (κ2) is 6.10. The van der Waals surface area contributed by atoms with Gasteiger partial charge in [0.2, 0.25) is 0 Å². The van der Waals surface area contributed by atoms with Crippen molar-refractivity contribution >= 4 is 11.8 Å². The molecule has 1 unspecified atom stereocenters. The van der Waals surface area contributed by atoms with Crippen molar-refractivity contribution in [2.24, 2.45) is 15.3 Å². The molecule has 12 nitrogen and oxygen atoms in total. The first-order valence-electron chi connectivity index (χ1n) is 6.83. The number of carbonyl (C=O) groups excluding carboxylic acids is 1. The van der Waals surface area contributed by atoms with Crippen molar-refractivity contribution in [1.82, 2.24) is 14.8 Å². The van der Waals surface area contributed by atoms with E-state index in [2.05, 4.69) is 25.4 Å². The zero-order chi connectivity index (χ0) is 18.0. The highest BCUT2D eigenvalue weighted by molar-refractivity contribution is 5.90. The molecule has 2 aromatic rings. The van der Waals surface area contributed by atoms with Gasteiger partial charge in [0, 0.05) is 0 Å². The van der Waals surface area contributed by atoms with Crippen molar-refractivity contribution in [2.75, 3.05) is 11.4 Å². The number of cyclic esters (lactones) is 1. The van der Waals surface area contributed by atoms with Crippen LogP contribution in [0.5, 0.6) is 0 Å².